The number of ether oxygens (including phenoxy) is 1. The van der Waals surface area contributed by atoms with E-state index in [4.69, 9.17) is 9.15 Å². The number of hydrazine groups is 1. The number of nitrogens with zero attached hydrogens (tertiary/aromatic N) is 3. The van der Waals surface area contributed by atoms with Gasteiger partial charge in [-0.25, -0.2) is 19.8 Å². The molecule has 2 aliphatic rings. The molecule has 0 aliphatic carbocycles. The standard InChI is InChI=1S/C19H19N5O5/c1-2-28-19(27)15-16(26)13(8-11-9-22-17-12(11)4-3-5-21-17)29-18(15)23-24-7-6-20-14(25)10-24/h3-5,8-9,23,26H,2,6-7,10H2,1H3,(H,20,25). The fourth-order valence-corrected chi connectivity index (χ4v) is 3.07. The zero-order valence-corrected chi connectivity index (χ0v) is 15.6. The normalized spacial score (nSPS) is 17.3. The number of nitrogens with one attached hydrogen (secondary N) is 2. The zero-order valence-electron chi connectivity index (χ0n) is 15.6. The number of aliphatic imine (C=N–C) groups is 1. The van der Waals surface area contributed by atoms with Gasteiger partial charge in [0.15, 0.2) is 22.9 Å². The van der Waals surface area contributed by atoms with Crippen LogP contribution in [-0.4, -0.2) is 59.4 Å². The lowest BCUT2D eigenvalue weighted by molar-refractivity contribution is -0.123. The molecule has 0 aromatic carbocycles. The van der Waals surface area contributed by atoms with Crippen LogP contribution < -0.4 is 10.7 Å². The number of fused-ring (bicyclic) bond motifs is 1. The highest BCUT2D eigenvalue weighted by atomic mass is 16.5. The molecule has 1 amide bonds. The van der Waals surface area contributed by atoms with Crippen LogP contribution in [0.15, 0.2) is 27.7 Å². The first-order valence-corrected chi connectivity index (χ1v) is 9.09. The molecule has 29 heavy (non-hydrogen) atoms. The Bertz CT molecular complexity index is 1030. The monoisotopic (exact) mass is 397 g/mol. The van der Waals surface area contributed by atoms with E-state index in [1.165, 1.54) is 0 Å². The van der Waals surface area contributed by atoms with Crippen molar-refractivity contribution in [3.8, 4) is 5.75 Å². The van der Waals surface area contributed by atoms with Crippen LogP contribution in [-0.2, 0) is 9.53 Å². The van der Waals surface area contributed by atoms with Crippen molar-refractivity contribution in [3.05, 3.63) is 35.2 Å². The molecule has 2 aromatic rings. The van der Waals surface area contributed by atoms with Crippen molar-refractivity contribution >= 4 is 41.4 Å². The highest BCUT2D eigenvalue weighted by Crippen LogP contribution is 2.38. The number of amides is 1. The minimum absolute atomic E-state index is 0.00356. The van der Waals surface area contributed by atoms with Gasteiger partial charge in [0.1, 0.15) is 0 Å². The number of furan rings is 1. The molecule has 1 saturated heterocycles. The largest absolute Gasteiger partial charge is 0.504 e. The first-order chi connectivity index (χ1) is 14.1. The third kappa shape index (κ3) is 3.69. The number of piperazine rings is 1. The minimum atomic E-state index is -0.732. The topological polar surface area (TPSA) is 129 Å². The van der Waals surface area contributed by atoms with Crippen LogP contribution in [0.1, 0.15) is 28.6 Å². The van der Waals surface area contributed by atoms with Crippen molar-refractivity contribution in [2.45, 2.75) is 6.92 Å². The molecule has 0 radical (unpaired) electrons. The molecule has 4 rings (SSSR count). The Hall–Kier alpha value is -3.66. The summed E-state index contributed by atoms with van der Waals surface area (Å²) in [5.41, 5.74) is 4.22. The number of carbonyl (C=O) groups is 2. The Morgan fingerprint density at radius 2 is 2.38 bits per heavy atom. The second-order valence-electron chi connectivity index (χ2n) is 6.36. The van der Waals surface area contributed by atoms with E-state index in [0.717, 1.165) is 5.56 Å². The second kappa shape index (κ2) is 7.76. The molecule has 0 unspecified atom stereocenters. The van der Waals surface area contributed by atoms with Crippen LogP contribution in [0.2, 0.25) is 0 Å². The number of pyridine rings is 1. The molecular weight excluding hydrogens is 378 g/mol. The van der Waals surface area contributed by atoms with Gasteiger partial charge in [0.25, 0.3) is 0 Å². The predicted molar refractivity (Wildman–Crippen MR) is 105 cm³/mol. The van der Waals surface area contributed by atoms with Gasteiger partial charge in [-0.1, -0.05) is 0 Å². The van der Waals surface area contributed by atoms with Crippen molar-refractivity contribution in [3.63, 3.8) is 0 Å². The first kappa shape index (κ1) is 18.7. The Balaban J connectivity index is 1.70. The van der Waals surface area contributed by atoms with Gasteiger partial charge in [-0.05, 0) is 25.1 Å². The van der Waals surface area contributed by atoms with Gasteiger partial charge in [0.2, 0.25) is 11.8 Å². The molecule has 4 heterocycles. The van der Waals surface area contributed by atoms with Gasteiger partial charge in [-0.3, -0.25) is 10.2 Å². The Morgan fingerprint density at radius 1 is 1.52 bits per heavy atom. The molecule has 150 valence electrons. The van der Waals surface area contributed by atoms with E-state index in [-0.39, 0.29) is 42.0 Å². The van der Waals surface area contributed by atoms with E-state index in [1.54, 1.807) is 36.5 Å². The Morgan fingerprint density at radius 3 is 3.17 bits per heavy atom. The van der Waals surface area contributed by atoms with Crippen molar-refractivity contribution in [1.82, 2.24) is 15.3 Å². The van der Waals surface area contributed by atoms with Gasteiger partial charge < -0.3 is 19.6 Å². The zero-order chi connectivity index (χ0) is 20.4. The SMILES string of the molecule is CCOC(=O)c1c(NN2CCNC(=O)C2)oc(C=C2C=Nc3ncccc32)c1O. The molecule has 10 heteroatoms. The van der Waals surface area contributed by atoms with Gasteiger partial charge in [-0.2, -0.15) is 0 Å². The summed E-state index contributed by atoms with van der Waals surface area (Å²) in [5.74, 6) is -0.618. The maximum absolute atomic E-state index is 12.4. The number of hydrogen-bond donors (Lipinski definition) is 3. The lowest BCUT2D eigenvalue weighted by atomic mass is 10.1. The summed E-state index contributed by atoms with van der Waals surface area (Å²) in [6.45, 7) is 2.82. The number of allylic oxidation sites excluding steroid dienone is 1. The number of anilines is 1. The maximum atomic E-state index is 12.4. The number of aromatic nitrogens is 1. The molecule has 2 aromatic heterocycles. The summed E-state index contributed by atoms with van der Waals surface area (Å²) in [7, 11) is 0. The van der Waals surface area contributed by atoms with Crippen molar-refractivity contribution in [2.75, 3.05) is 31.7 Å². The predicted octanol–water partition coefficient (Wildman–Crippen LogP) is 1.57. The van der Waals surface area contributed by atoms with Crippen molar-refractivity contribution in [1.29, 1.82) is 0 Å². The van der Waals surface area contributed by atoms with Gasteiger partial charge in [0.05, 0.1) is 13.2 Å². The fourth-order valence-electron chi connectivity index (χ4n) is 3.07. The number of carbonyl (C=O) groups excluding carboxylic acids is 2. The Labute approximate surface area is 165 Å². The third-order valence-electron chi connectivity index (χ3n) is 4.40. The van der Waals surface area contributed by atoms with Crippen LogP contribution in [0.5, 0.6) is 5.75 Å². The lowest BCUT2D eigenvalue weighted by Gasteiger charge is -2.26. The quantitative estimate of drug-likeness (QED) is 0.649. The molecule has 0 bridgehead atoms. The highest BCUT2D eigenvalue weighted by Gasteiger charge is 2.29. The van der Waals surface area contributed by atoms with Crippen LogP contribution in [0.3, 0.4) is 0 Å². The molecular formula is C19H19N5O5. The van der Waals surface area contributed by atoms with E-state index in [0.29, 0.717) is 24.5 Å². The molecule has 3 N–H and O–H groups in total. The van der Waals surface area contributed by atoms with E-state index in [2.05, 4.69) is 20.7 Å². The second-order valence-corrected chi connectivity index (χ2v) is 6.36. The van der Waals surface area contributed by atoms with Crippen LogP contribution in [0.4, 0.5) is 11.7 Å². The average Bonchev–Trinajstić information content (AvgIpc) is 3.24. The molecule has 0 saturated carbocycles. The maximum Gasteiger partial charge on any atom is 0.347 e. The highest BCUT2D eigenvalue weighted by molar-refractivity contribution is 6.21. The van der Waals surface area contributed by atoms with Crippen molar-refractivity contribution in [2.24, 2.45) is 4.99 Å². The summed E-state index contributed by atoms with van der Waals surface area (Å²) >= 11 is 0. The van der Waals surface area contributed by atoms with Crippen LogP contribution >= 0.6 is 0 Å². The molecule has 2 aliphatic heterocycles. The molecule has 0 spiro atoms. The third-order valence-corrected chi connectivity index (χ3v) is 4.40. The van der Waals surface area contributed by atoms with E-state index < -0.39 is 5.97 Å². The summed E-state index contributed by atoms with van der Waals surface area (Å²) < 4.78 is 10.8. The van der Waals surface area contributed by atoms with E-state index in [1.807, 2.05) is 6.07 Å². The van der Waals surface area contributed by atoms with Gasteiger partial charge >= 0.3 is 5.97 Å². The summed E-state index contributed by atoms with van der Waals surface area (Å²) in [6, 6.07) is 3.63. The van der Waals surface area contributed by atoms with Gasteiger partial charge in [0, 0.05) is 36.6 Å². The van der Waals surface area contributed by atoms with E-state index in [9.17, 15) is 14.7 Å². The van der Waals surface area contributed by atoms with Crippen LogP contribution in [0.25, 0.3) is 11.6 Å². The summed E-state index contributed by atoms with van der Waals surface area (Å²) in [4.78, 5) is 32.4. The molecule has 10 nitrogen and oxygen atoms in total. The van der Waals surface area contributed by atoms with Crippen LogP contribution in [0, 0.1) is 0 Å². The number of rotatable bonds is 5. The molecule has 1 fully saturated rings. The number of aromatic hydroxyl groups is 1. The summed E-state index contributed by atoms with van der Waals surface area (Å²) in [6.07, 6.45) is 4.81. The molecule has 0 atom stereocenters. The van der Waals surface area contributed by atoms with Gasteiger partial charge in [-0.15, -0.1) is 0 Å². The number of hydrogen-bond acceptors (Lipinski definition) is 9. The lowest BCUT2D eigenvalue weighted by Crippen LogP contribution is -2.49. The first-order valence-electron chi connectivity index (χ1n) is 9.09. The van der Waals surface area contributed by atoms with E-state index >= 15 is 0 Å². The average molecular weight is 397 g/mol. The minimum Gasteiger partial charge on any atom is -0.504 e. The smallest absolute Gasteiger partial charge is 0.347 e. The van der Waals surface area contributed by atoms with Crippen molar-refractivity contribution < 1.29 is 23.8 Å². The summed E-state index contributed by atoms with van der Waals surface area (Å²) in [5, 5.41) is 15.0. The Kier molecular flexibility index (Phi) is 5.00. The fraction of sp³-hybridized carbons (Fsp3) is 0.263. The number of esters is 1.